The van der Waals surface area contributed by atoms with Crippen molar-refractivity contribution in [3.8, 4) is 0 Å². The minimum absolute atomic E-state index is 0.791. The molecule has 1 unspecified atom stereocenters. The Morgan fingerprint density at radius 3 is 2.95 bits per heavy atom. The predicted molar refractivity (Wildman–Crippen MR) is 82.7 cm³/mol. The molecule has 20 heavy (non-hydrogen) atoms. The molecule has 2 aromatic rings. The van der Waals surface area contributed by atoms with Crippen LogP contribution in [-0.2, 0) is 13.1 Å². The Kier molecular flexibility index (Phi) is 4.03. The Balaban J connectivity index is 1.65. The third kappa shape index (κ3) is 2.72. The third-order valence-corrected chi connectivity index (χ3v) is 4.25. The summed E-state index contributed by atoms with van der Waals surface area (Å²) in [5, 5.41) is 3.59. The van der Waals surface area contributed by atoms with Crippen LogP contribution < -0.4 is 5.32 Å². The van der Waals surface area contributed by atoms with Crippen molar-refractivity contribution in [2.75, 3.05) is 26.7 Å². The Bertz CT molecular complexity index is 575. The van der Waals surface area contributed by atoms with E-state index in [9.17, 15) is 0 Å². The summed E-state index contributed by atoms with van der Waals surface area (Å²) >= 11 is 0. The number of rotatable bonds is 5. The average molecular weight is 272 g/mol. The van der Waals surface area contributed by atoms with Crippen LogP contribution in [0.15, 0.2) is 24.3 Å². The number of imidazole rings is 1. The molecule has 0 saturated carbocycles. The maximum absolute atomic E-state index is 4.75. The van der Waals surface area contributed by atoms with Gasteiger partial charge in [0.1, 0.15) is 5.82 Å². The minimum atomic E-state index is 0.791. The van der Waals surface area contributed by atoms with E-state index >= 15 is 0 Å². The van der Waals surface area contributed by atoms with Crippen LogP contribution in [0.25, 0.3) is 11.0 Å². The quantitative estimate of drug-likeness (QED) is 0.905. The zero-order chi connectivity index (χ0) is 13.9. The van der Waals surface area contributed by atoms with Gasteiger partial charge in [-0.2, -0.15) is 0 Å². The molecule has 0 amide bonds. The molecule has 1 aromatic heterocycles. The van der Waals surface area contributed by atoms with Gasteiger partial charge in [-0.25, -0.2) is 4.98 Å². The largest absolute Gasteiger partial charge is 0.327 e. The van der Waals surface area contributed by atoms with Crippen molar-refractivity contribution in [1.82, 2.24) is 19.8 Å². The number of para-hydroxylation sites is 2. The second kappa shape index (κ2) is 5.94. The van der Waals surface area contributed by atoms with Crippen molar-refractivity contribution in [3.63, 3.8) is 0 Å². The highest BCUT2D eigenvalue weighted by Gasteiger charge is 2.19. The average Bonchev–Trinajstić information content (AvgIpc) is 3.02. The van der Waals surface area contributed by atoms with E-state index in [2.05, 4.69) is 53.0 Å². The van der Waals surface area contributed by atoms with E-state index < -0.39 is 0 Å². The van der Waals surface area contributed by atoms with Crippen LogP contribution in [0.2, 0.25) is 0 Å². The fourth-order valence-corrected chi connectivity index (χ4v) is 3.19. The Hall–Kier alpha value is -1.39. The van der Waals surface area contributed by atoms with E-state index in [1.54, 1.807) is 0 Å². The van der Waals surface area contributed by atoms with Crippen LogP contribution >= 0.6 is 0 Å². The maximum Gasteiger partial charge on any atom is 0.123 e. The monoisotopic (exact) mass is 272 g/mol. The molecule has 1 N–H and O–H groups in total. The minimum Gasteiger partial charge on any atom is -0.327 e. The number of aromatic nitrogens is 2. The molecule has 0 aliphatic carbocycles. The molecule has 1 aromatic carbocycles. The smallest absolute Gasteiger partial charge is 0.123 e. The topological polar surface area (TPSA) is 33.1 Å². The van der Waals surface area contributed by atoms with Gasteiger partial charge < -0.3 is 14.8 Å². The number of aryl methyl sites for hydroxylation is 1. The maximum atomic E-state index is 4.75. The summed E-state index contributed by atoms with van der Waals surface area (Å²) < 4.78 is 2.31. The molecule has 0 spiro atoms. The van der Waals surface area contributed by atoms with E-state index in [-0.39, 0.29) is 0 Å². The highest BCUT2D eigenvalue weighted by Crippen LogP contribution is 2.16. The van der Waals surface area contributed by atoms with Gasteiger partial charge in [-0.15, -0.1) is 0 Å². The number of nitrogens with one attached hydrogen (secondary N) is 1. The van der Waals surface area contributed by atoms with Gasteiger partial charge in [0, 0.05) is 13.1 Å². The molecule has 0 radical (unpaired) electrons. The molecule has 1 fully saturated rings. The molecule has 0 bridgehead atoms. The second-order valence-electron chi connectivity index (χ2n) is 5.81. The molecule has 3 rings (SSSR count). The van der Waals surface area contributed by atoms with Crippen LogP contribution in [-0.4, -0.2) is 41.1 Å². The van der Waals surface area contributed by atoms with Gasteiger partial charge in [-0.05, 0) is 51.5 Å². The molecule has 1 atom stereocenters. The summed E-state index contributed by atoms with van der Waals surface area (Å²) in [5.41, 5.74) is 2.35. The lowest BCUT2D eigenvalue weighted by Crippen LogP contribution is -2.25. The van der Waals surface area contributed by atoms with Gasteiger partial charge in [0.15, 0.2) is 0 Å². The first kappa shape index (κ1) is 13.6. The highest BCUT2D eigenvalue weighted by atomic mass is 15.1. The first-order chi connectivity index (χ1) is 9.78. The first-order valence-electron chi connectivity index (χ1n) is 7.61. The van der Waals surface area contributed by atoms with Crippen molar-refractivity contribution in [1.29, 1.82) is 0 Å². The van der Waals surface area contributed by atoms with E-state index in [1.165, 1.54) is 25.0 Å². The molecular weight excluding hydrogens is 248 g/mol. The lowest BCUT2D eigenvalue weighted by molar-refractivity contribution is 0.387. The Labute approximate surface area is 120 Å². The molecular formula is C16H24N4. The fraction of sp³-hybridized carbons (Fsp3) is 0.562. The van der Waals surface area contributed by atoms with Crippen molar-refractivity contribution < 1.29 is 0 Å². The molecule has 2 heterocycles. The predicted octanol–water partition coefficient (Wildman–Crippen LogP) is 2.10. The fourth-order valence-electron chi connectivity index (χ4n) is 3.19. The van der Waals surface area contributed by atoms with Gasteiger partial charge in [-0.3, -0.25) is 0 Å². The van der Waals surface area contributed by atoms with Crippen molar-refractivity contribution in [3.05, 3.63) is 30.1 Å². The number of hydrogen-bond acceptors (Lipinski definition) is 3. The van der Waals surface area contributed by atoms with Crippen LogP contribution in [0.1, 0.15) is 19.2 Å². The van der Waals surface area contributed by atoms with E-state index in [1.807, 2.05) is 0 Å². The van der Waals surface area contributed by atoms with Crippen molar-refractivity contribution in [2.24, 2.45) is 5.92 Å². The summed E-state index contributed by atoms with van der Waals surface area (Å²) in [6.07, 6.45) is 1.31. The van der Waals surface area contributed by atoms with Crippen LogP contribution in [0.3, 0.4) is 0 Å². The number of fused-ring (bicyclic) bond motifs is 1. The van der Waals surface area contributed by atoms with Gasteiger partial charge in [0.05, 0.1) is 17.6 Å². The number of likely N-dealkylation sites (tertiary alicyclic amines) is 1. The lowest BCUT2D eigenvalue weighted by Gasteiger charge is -2.12. The van der Waals surface area contributed by atoms with E-state index in [4.69, 9.17) is 4.98 Å². The Morgan fingerprint density at radius 2 is 2.20 bits per heavy atom. The van der Waals surface area contributed by atoms with E-state index in [0.29, 0.717) is 0 Å². The Morgan fingerprint density at radius 1 is 1.35 bits per heavy atom. The van der Waals surface area contributed by atoms with Crippen molar-refractivity contribution >= 4 is 11.0 Å². The van der Waals surface area contributed by atoms with Crippen LogP contribution in [0.5, 0.6) is 0 Å². The van der Waals surface area contributed by atoms with Gasteiger partial charge in [0.25, 0.3) is 0 Å². The highest BCUT2D eigenvalue weighted by molar-refractivity contribution is 5.75. The SMILES string of the molecule is CCn1c(CNCC2CCN(C)C2)nc2ccccc21. The van der Waals surface area contributed by atoms with Gasteiger partial charge >= 0.3 is 0 Å². The molecule has 1 saturated heterocycles. The van der Waals surface area contributed by atoms with Crippen molar-refractivity contribution in [2.45, 2.75) is 26.4 Å². The summed E-state index contributed by atoms with van der Waals surface area (Å²) in [7, 11) is 2.20. The van der Waals surface area contributed by atoms with Gasteiger partial charge in [-0.1, -0.05) is 12.1 Å². The zero-order valence-electron chi connectivity index (χ0n) is 12.5. The summed E-state index contributed by atoms with van der Waals surface area (Å²) in [5.74, 6) is 1.94. The number of hydrogen-bond donors (Lipinski definition) is 1. The van der Waals surface area contributed by atoms with Crippen LogP contribution in [0, 0.1) is 5.92 Å². The normalized spacial score (nSPS) is 20.0. The summed E-state index contributed by atoms with van der Waals surface area (Å²) in [6.45, 7) is 7.57. The molecule has 4 heteroatoms. The molecule has 108 valence electrons. The van der Waals surface area contributed by atoms with E-state index in [0.717, 1.165) is 36.9 Å². The summed E-state index contributed by atoms with van der Waals surface area (Å²) in [4.78, 5) is 7.16. The number of benzene rings is 1. The zero-order valence-corrected chi connectivity index (χ0v) is 12.5. The standard InChI is InChI=1S/C16H24N4/c1-3-20-15-7-5-4-6-14(15)18-16(20)11-17-10-13-8-9-19(2)12-13/h4-7,13,17H,3,8-12H2,1-2H3. The lowest BCUT2D eigenvalue weighted by atomic mass is 10.1. The first-order valence-corrected chi connectivity index (χ1v) is 7.61. The third-order valence-electron chi connectivity index (χ3n) is 4.25. The molecule has 1 aliphatic rings. The molecule has 4 nitrogen and oxygen atoms in total. The summed E-state index contributed by atoms with van der Waals surface area (Å²) in [6, 6.07) is 8.39. The number of nitrogens with zero attached hydrogens (tertiary/aromatic N) is 3. The second-order valence-corrected chi connectivity index (χ2v) is 5.81. The van der Waals surface area contributed by atoms with Gasteiger partial charge in [0.2, 0.25) is 0 Å². The van der Waals surface area contributed by atoms with Crippen LogP contribution in [0.4, 0.5) is 0 Å². The molecule has 1 aliphatic heterocycles.